The third kappa shape index (κ3) is 13.7. The molecule has 18 heteroatoms. The largest absolute Gasteiger partial charge is 0.391 e. The number of alkyl halides is 1. The van der Waals surface area contributed by atoms with Crippen molar-refractivity contribution in [2.75, 3.05) is 27.2 Å². The lowest BCUT2D eigenvalue weighted by atomic mass is 9.88. The fourth-order valence-corrected chi connectivity index (χ4v) is 8.00. The van der Waals surface area contributed by atoms with Gasteiger partial charge in [0.15, 0.2) is 0 Å². The van der Waals surface area contributed by atoms with Crippen molar-refractivity contribution in [2.45, 2.75) is 155 Å². The van der Waals surface area contributed by atoms with Gasteiger partial charge < -0.3 is 41.1 Å². The highest BCUT2D eigenvalue weighted by molar-refractivity contribution is 6.33. The molecule has 0 aromatic heterocycles. The van der Waals surface area contributed by atoms with Crippen LogP contribution in [0.4, 0.5) is 4.39 Å². The molecule has 0 aliphatic carbocycles. The number of hydrogen-bond acceptors (Lipinski definition) is 8. The van der Waals surface area contributed by atoms with Crippen LogP contribution in [-0.4, -0.2) is 137 Å². The lowest BCUT2D eigenvalue weighted by Gasteiger charge is -2.36. The average Bonchev–Trinajstić information content (AvgIpc) is 3.60. The minimum Gasteiger partial charge on any atom is -0.391 e. The second-order valence-electron chi connectivity index (χ2n) is 17.5. The van der Waals surface area contributed by atoms with E-state index in [-0.39, 0.29) is 44.7 Å². The average molecular weight is 899 g/mol. The lowest BCUT2D eigenvalue weighted by Crippen LogP contribution is -2.62. The molecule has 0 spiro atoms. The van der Waals surface area contributed by atoms with Gasteiger partial charge in [0, 0.05) is 48.9 Å². The van der Waals surface area contributed by atoms with E-state index in [4.69, 9.17) is 23.2 Å². The van der Waals surface area contributed by atoms with E-state index in [1.54, 1.807) is 32.0 Å². The molecule has 5 N–H and O–H groups in total. The third-order valence-corrected chi connectivity index (χ3v) is 12.3. The number of nitrogens with zero attached hydrogens (tertiary/aromatic N) is 3. The Morgan fingerprint density at radius 3 is 2.28 bits per heavy atom. The standard InChI is InChI=1S/C43H66Cl2FN7O8/c1-10-14-30-36(55)47-18-13-12-15-32(51(8)41(60)35(25(5)54)50-39(58)34-22-28(46)23-53(34)42(61)43(6,7)11-2)37(56)49-31(19-24(3)4)40(59)52(9)33(38(57)48-30)21-26-20-27(44)16-17-29(26)45/h16-17,20,24-25,28,30-35,54H,10-15,18-19,21-23H2,1-9H3,(H,47,55)(H,48,57)(H,49,56)(H,50,58)/t25-,28-,30-,31+,32+,33+,34+,35+/m1/s1. The van der Waals surface area contributed by atoms with Crippen molar-refractivity contribution in [2.24, 2.45) is 11.3 Å². The number of likely N-dealkylation sites (N-methyl/N-ethyl adjacent to an activating group) is 2. The number of rotatable bonds is 13. The Morgan fingerprint density at radius 2 is 1.67 bits per heavy atom. The molecule has 7 amide bonds. The normalized spacial score (nSPS) is 24.8. The Morgan fingerprint density at radius 1 is 1.02 bits per heavy atom. The monoisotopic (exact) mass is 897 g/mol. The molecule has 0 saturated carbocycles. The van der Waals surface area contributed by atoms with Gasteiger partial charge in [-0.3, -0.25) is 33.6 Å². The Hall–Kier alpha value is -4.02. The number of amides is 7. The van der Waals surface area contributed by atoms with Crippen molar-refractivity contribution in [3.8, 4) is 0 Å². The molecule has 0 bridgehead atoms. The van der Waals surface area contributed by atoms with Crippen LogP contribution in [0.2, 0.25) is 10.0 Å². The summed E-state index contributed by atoms with van der Waals surface area (Å²) in [4.78, 5) is 101. The molecule has 1 aromatic carbocycles. The number of likely N-dealkylation sites (tertiary alicyclic amines) is 1. The third-order valence-electron chi connectivity index (χ3n) is 11.7. The Bertz CT molecular complexity index is 1750. The van der Waals surface area contributed by atoms with Gasteiger partial charge in [-0.05, 0) is 75.1 Å². The lowest BCUT2D eigenvalue weighted by molar-refractivity contribution is -0.148. The maximum Gasteiger partial charge on any atom is 0.248 e. The maximum absolute atomic E-state index is 14.8. The van der Waals surface area contributed by atoms with Gasteiger partial charge in [0.1, 0.15) is 42.4 Å². The van der Waals surface area contributed by atoms with Gasteiger partial charge in [0.05, 0.1) is 12.6 Å². The van der Waals surface area contributed by atoms with Crippen LogP contribution < -0.4 is 21.3 Å². The highest BCUT2D eigenvalue weighted by Crippen LogP contribution is 2.30. The first-order chi connectivity index (χ1) is 28.5. The number of carbonyl (C=O) groups is 7. The molecular formula is C43H66Cl2FN7O8. The zero-order valence-corrected chi connectivity index (χ0v) is 38.5. The highest BCUT2D eigenvalue weighted by Gasteiger charge is 2.46. The second-order valence-corrected chi connectivity index (χ2v) is 18.3. The number of hydrogen-bond donors (Lipinski definition) is 5. The summed E-state index contributed by atoms with van der Waals surface area (Å²) in [5.74, 6) is -4.55. The van der Waals surface area contributed by atoms with E-state index in [9.17, 15) is 43.1 Å². The summed E-state index contributed by atoms with van der Waals surface area (Å²) in [7, 11) is 2.77. The topological polar surface area (TPSA) is 198 Å². The molecule has 2 saturated heterocycles. The first-order valence-electron chi connectivity index (χ1n) is 21.3. The zero-order chi connectivity index (χ0) is 45.9. The number of halogens is 3. The summed E-state index contributed by atoms with van der Waals surface area (Å²) < 4.78 is 14.8. The van der Waals surface area contributed by atoms with Crippen molar-refractivity contribution in [1.29, 1.82) is 0 Å². The minimum atomic E-state index is -1.59. The van der Waals surface area contributed by atoms with E-state index in [0.717, 1.165) is 4.90 Å². The van der Waals surface area contributed by atoms with Gasteiger partial charge >= 0.3 is 0 Å². The molecule has 342 valence electrons. The van der Waals surface area contributed by atoms with Crippen LogP contribution in [0.5, 0.6) is 0 Å². The van der Waals surface area contributed by atoms with E-state index in [1.165, 1.54) is 30.8 Å². The Kier molecular flexibility index (Phi) is 19.3. The summed E-state index contributed by atoms with van der Waals surface area (Å²) in [6.45, 7) is 12.0. The van der Waals surface area contributed by atoms with Crippen molar-refractivity contribution >= 4 is 64.6 Å². The molecule has 2 fully saturated rings. The van der Waals surface area contributed by atoms with Crippen LogP contribution in [-0.2, 0) is 40.0 Å². The molecule has 15 nitrogen and oxygen atoms in total. The van der Waals surface area contributed by atoms with Crippen LogP contribution in [0.1, 0.15) is 105 Å². The van der Waals surface area contributed by atoms with Crippen molar-refractivity contribution < 1.29 is 43.1 Å². The molecule has 2 heterocycles. The fraction of sp³-hybridized carbons (Fsp3) is 0.698. The highest BCUT2D eigenvalue weighted by atomic mass is 35.5. The SMILES string of the molecule is CCC[C@H]1NC(=O)[C@H](Cc2cc(Cl)ccc2Cl)N(C)C(=O)[C@H](CC(C)C)NC(=O)[C@@H](N(C)C(=O)[C@@H](NC(=O)[C@@H]2C[C@@H](F)CN2C(=O)C(C)(C)CC)[C@@H](C)O)CCCCNC1=O. The molecule has 2 aliphatic rings. The van der Waals surface area contributed by atoms with Crippen LogP contribution >= 0.6 is 23.2 Å². The van der Waals surface area contributed by atoms with Gasteiger partial charge in [-0.1, -0.05) is 71.2 Å². The van der Waals surface area contributed by atoms with Gasteiger partial charge in [0.25, 0.3) is 0 Å². The number of nitrogens with one attached hydrogen (secondary N) is 4. The van der Waals surface area contributed by atoms with Gasteiger partial charge in [-0.2, -0.15) is 0 Å². The van der Waals surface area contributed by atoms with E-state index in [0.29, 0.717) is 47.7 Å². The summed E-state index contributed by atoms with van der Waals surface area (Å²) in [5.41, 5.74) is -0.397. The van der Waals surface area contributed by atoms with Crippen LogP contribution in [0, 0.1) is 11.3 Å². The van der Waals surface area contributed by atoms with Crippen LogP contribution in [0.3, 0.4) is 0 Å². The van der Waals surface area contributed by atoms with E-state index < -0.39 is 95.3 Å². The fourth-order valence-electron chi connectivity index (χ4n) is 7.61. The van der Waals surface area contributed by atoms with Gasteiger partial charge in [0.2, 0.25) is 41.4 Å². The van der Waals surface area contributed by atoms with Crippen molar-refractivity contribution in [3.05, 3.63) is 33.8 Å². The first-order valence-corrected chi connectivity index (χ1v) is 22.1. The molecule has 3 rings (SSSR count). The molecule has 1 aromatic rings. The number of benzene rings is 1. The van der Waals surface area contributed by atoms with Gasteiger partial charge in [-0.25, -0.2) is 4.39 Å². The predicted molar refractivity (Wildman–Crippen MR) is 231 cm³/mol. The summed E-state index contributed by atoms with van der Waals surface area (Å²) >= 11 is 12.8. The zero-order valence-electron chi connectivity index (χ0n) is 37.0. The van der Waals surface area contributed by atoms with E-state index >= 15 is 0 Å². The minimum absolute atomic E-state index is 0.0639. The number of carbonyl (C=O) groups excluding carboxylic acids is 7. The number of aliphatic hydroxyl groups is 1. The summed E-state index contributed by atoms with van der Waals surface area (Å²) in [6, 6.07) is -2.58. The maximum atomic E-state index is 14.8. The molecule has 8 atom stereocenters. The quantitative estimate of drug-likeness (QED) is 0.198. The van der Waals surface area contributed by atoms with Crippen LogP contribution in [0.15, 0.2) is 18.2 Å². The van der Waals surface area contributed by atoms with Crippen molar-refractivity contribution in [1.82, 2.24) is 36.0 Å². The summed E-state index contributed by atoms with van der Waals surface area (Å²) in [6.07, 6.45) is -1.06. The predicted octanol–water partition coefficient (Wildman–Crippen LogP) is 3.55. The number of aliphatic hydroxyl groups excluding tert-OH is 1. The first kappa shape index (κ1) is 51.3. The molecule has 2 aliphatic heterocycles. The molecule has 61 heavy (non-hydrogen) atoms. The van der Waals surface area contributed by atoms with E-state index in [1.807, 2.05) is 27.7 Å². The molecular weight excluding hydrogens is 832 g/mol. The van der Waals surface area contributed by atoms with E-state index in [2.05, 4.69) is 21.3 Å². The molecule has 0 radical (unpaired) electrons. The Labute approximate surface area is 369 Å². The Balaban J connectivity index is 2.01. The van der Waals surface area contributed by atoms with Crippen LogP contribution in [0.25, 0.3) is 0 Å². The van der Waals surface area contributed by atoms with Gasteiger partial charge in [-0.15, -0.1) is 0 Å². The smallest absolute Gasteiger partial charge is 0.248 e. The summed E-state index contributed by atoms with van der Waals surface area (Å²) in [5, 5.41) is 22.6. The second kappa shape index (κ2) is 22.9. The molecule has 0 unspecified atom stereocenters. The van der Waals surface area contributed by atoms with Crippen molar-refractivity contribution in [3.63, 3.8) is 0 Å².